The van der Waals surface area contributed by atoms with Crippen molar-refractivity contribution in [3.05, 3.63) is 71.9 Å². The number of halogens is 2. The number of H-pyrrole nitrogens is 1. The number of nitrogens with one attached hydrogen (secondary N) is 7. The molecule has 0 bridgehead atoms. The van der Waals surface area contributed by atoms with Crippen LogP contribution in [-0.4, -0.2) is 107 Å². The van der Waals surface area contributed by atoms with E-state index in [0.717, 1.165) is 10.9 Å². The number of alkyl halides is 2. The van der Waals surface area contributed by atoms with Crippen LogP contribution in [0.4, 0.5) is 8.78 Å². The highest BCUT2D eigenvalue weighted by atomic mass is 19.2. The molecule has 3 rings (SSSR count). The van der Waals surface area contributed by atoms with Gasteiger partial charge in [-0.05, 0) is 42.9 Å². The number of aromatic nitrogens is 1. The van der Waals surface area contributed by atoms with Crippen molar-refractivity contribution in [3.63, 3.8) is 0 Å². The lowest BCUT2D eigenvalue weighted by molar-refractivity contribution is -0.142. The summed E-state index contributed by atoms with van der Waals surface area (Å²) in [5, 5.41) is 24.6. The summed E-state index contributed by atoms with van der Waals surface area (Å²) in [4.78, 5) is 92.7. The van der Waals surface area contributed by atoms with Crippen molar-refractivity contribution in [3.8, 4) is 0 Å². The van der Waals surface area contributed by atoms with E-state index in [4.69, 9.17) is 5.73 Å². The van der Waals surface area contributed by atoms with Gasteiger partial charge in [0.25, 0.3) is 5.91 Å². The second kappa shape index (κ2) is 21.6. The van der Waals surface area contributed by atoms with E-state index in [9.17, 15) is 38.7 Å². The van der Waals surface area contributed by atoms with Crippen LogP contribution in [0.25, 0.3) is 10.9 Å². The zero-order chi connectivity index (χ0) is 43.3. The van der Waals surface area contributed by atoms with Crippen molar-refractivity contribution in [2.75, 3.05) is 6.54 Å². The molecule has 6 amide bonds. The van der Waals surface area contributed by atoms with Gasteiger partial charge in [0.1, 0.15) is 30.2 Å². The lowest BCUT2D eigenvalue weighted by atomic mass is 10.0. The molecule has 3 aromatic rings. The number of rotatable bonds is 21. The van der Waals surface area contributed by atoms with Crippen molar-refractivity contribution < 1.29 is 47.4 Å². The standard InChI is InChI=1S/C40H54F2N8O8/c1-20(2)32(43)38(55)47-22(5)34(51)48-29(17-25-18-44-28-15-11-10-14-26(25)28)36(53)45-19-27(41)31(42)37(54)46-23(6)35(52)50-33(21(3)4)39(56)49-30(40(57)58)16-24-12-8-7-9-13-24/h7-15,18,20-23,27,29-33,44H,16-17,19,43H2,1-6H3,(H,45,53)(H,46,54)(H,47,55)(H,48,51)(H,49,56)(H,50,52)(H,57,58)/t22-,23-,27?,29-,30+,31?,32-,33-/m1/s1. The summed E-state index contributed by atoms with van der Waals surface area (Å²) in [6.45, 7) is 8.24. The number of hydrogen-bond acceptors (Lipinski definition) is 8. The molecule has 316 valence electrons. The van der Waals surface area contributed by atoms with Crippen LogP contribution in [0.2, 0.25) is 0 Å². The molecule has 2 unspecified atom stereocenters. The summed E-state index contributed by atoms with van der Waals surface area (Å²) in [6, 6.07) is 8.39. The molecule has 16 nitrogen and oxygen atoms in total. The molecule has 8 atom stereocenters. The fourth-order valence-electron chi connectivity index (χ4n) is 5.78. The summed E-state index contributed by atoms with van der Waals surface area (Å²) >= 11 is 0. The molecular weight excluding hydrogens is 758 g/mol. The Morgan fingerprint density at radius 1 is 0.655 bits per heavy atom. The first-order valence-corrected chi connectivity index (χ1v) is 19.0. The van der Waals surface area contributed by atoms with E-state index >= 15 is 8.78 Å². The van der Waals surface area contributed by atoms with Crippen LogP contribution in [-0.2, 0) is 46.4 Å². The van der Waals surface area contributed by atoms with E-state index in [1.807, 2.05) is 0 Å². The van der Waals surface area contributed by atoms with Gasteiger partial charge in [0.15, 0.2) is 6.17 Å². The van der Waals surface area contributed by atoms with Gasteiger partial charge in [-0.1, -0.05) is 76.2 Å². The van der Waals surface area contributed by atoms with E-state index in [0.29, 0.717) is 11.1 Å². The average Bonchev–Trinajstić information content (AvgIpc) is 3.59. The van der Waals surface area contributed by atoms with Crippen LogP contribution in [0.1, 0.15) is 52.7 Å². The number of hydrogen-bond donors (Lipinski definition) is 9. The lowest BCUT2D eigenvalue weighted by Gasteiger charge is -2.26. The number of aromatic amines is 1. The molecule has 0 fully saturated rings. The molecule has 0 aliphatic heterocycles. The summed E-state index contributed by atoms with van der Waals surface area (Å²) in [5.41, 5.74) is 7.90. The number of benzene rings is 2. The Morgan fingerprint density at radius 2 is 1.22 bits per heavy atom. The molecule has 0 spiro atoms. The zero-order valence-electron chi connectivity index (χ0n) is 33.3. The summed E-state index contributed by atoms with van der Waals surface area (Å²) in [5.74, 6) is -7.54. The largest absolute Gasteiger partial charge is 0.480 e. The maximum atomic E-state index is 15.1. The predicted octanol–water partition coefficient (Wildman–Crippen LogP) is 0.933. The molecule has 2 aromatic carbocycles. The Labute approximate surface area is 335 Å². The third-order valence-corrected chi connectivity index (χ3v) is 9.44. The van der Waals surface area contributed by atoms with Gasteiger partial charge >= 0.3 is 5.97 Å². The van der Waals surface area contributed by atoms with E-state index in [1.165, 1.54) is 13.8 Å². The van der Waals surface area contributed by atoms with E-state index in [2.05, 4.69) is 36.9 Å². The predicted molar refractivity (Wildman–Crippen MR) is 211 cm³/mol. The van der Waals surface area contributed by atoms with Crippen molar-refractivity contribution in [2.45, 2.75) is 103 Å². The molecule has 0 radical (unpaired) electrons. The number of aliphatic carboxylic acids is 1. The van der Waals surface area contributed by atoms with Crippen molar-refractivity contribution in [2.24, 2.45) is 17.6 Å². The molecule has 58 heavy (non-hydrogen) atoms. The highest BCUT2D eigenvalue weighted by Crippen LogP contribution is 2.19. The number of carboxylic acid groups (broad SMARTS) is 1. The number of amides is 6. The Hall–Kier alpha value is -5.91. The number of nitrogens with two attached hydrogens (primary N) is 1. The van der Waals surface area contributed by atoms with Crippen molar-refractivity contribution in [1.82, 2.24) is 36.9 Å². The summed E-state index contributed by atoms with van der Waals surface area (Å²) in [6.07, 6.45) is -3.92. The molecule has 1 heterocycles. The minimum Gasteiger partial charge on any atom is -0.480 e. The van der Waals surface area contributed by atoms with Gasteiger partial charge in [0, 0.05) is 29.9 Å². The van der Waals surface area contributed by atoms with Gasteiger partial charge in [0.05, 0.1) is 12.6 Å². The first kappa shape index (κ1) is 46.5. The van der Waals surface area contributed by atoms with Gasteiger partial charge in [-0.15, -0.1) is 0 Å². The first-order chi connectivity index (χ1) is 27.3. The lowest BCUT2D eigenvalue weighted by Crippen LogP contribution is -2.58. The third kappa shape index (κ3) is 13.3. The van der Waals surface area contributed by atoms with Crippen molar-refractivity contribution in [1.29, 1.82) is 0 Å². The number of carboxylic acids is 1. The maximum absolute atomic E-state index is 15.1. The van der Waals surface area contributed by atoms with Crippen LogP contribution in [0.15, 0.2) is 60.8 Å². The zero-order valence-corrected chi connectivity index (χ0v) is 33.3. The van der Waals surface area contributed by atoms with E-state index in [1.54, 1.807) is 88.5 Å². The van der Waals surface area contributed by atoms with Crippen LogP contribution in [0.3, 0.4) is 0 Å². The molecule has 0 aliphatic carbocycles. The Kier molecular flexibility index (Phi) is 17.3. The maximum Gasteiger partial charge on any atom is 0.326 e. The molecule has 10 N–H and O–H groups in total. The molecular formula is C40H54F2N8O8. The highest BCUT2D eigenvalue weighted by Gasteiger charge is 2.34. The number of carbonyl (C=O) groups excluding carboxylic acids is 6. The fourth-order valence-corrected chi connectivity index (χ4v) is 5.78. The normalized spacial score (nSPS) is 15.5. The van der Waals surface area contributed by atoms with Crippen LogP contribution in [0, 0.1) is 11.8 Å². The molecule has 18 heteroatoms. The molecule has 1 aromatic heterocycles. The molecule has 0 aliphatic rings. The minimum absolute atomic E-state index is 0.0255. The van der Waals surface area contributed by atoms with Crippen LogP contribution >= 0.6 is 0 Å². The second-order valence-corrected chi connectivity index (χ2v) is 14.8. The summed E-state index contributed by atoms with van der Waals surface area (Å²) < 4.78 is 30.3. The SMILES string of the molecule is CC(C)[C@@H](N)C(=O)N[C@H](C)C(=O)N[C@H](Cc1c[nH]c2ccccc12)C(=O)NCC(F)C(F)C(=O)N[C@H](C)C(=O)N[C@@H](C(=O)N[C@@H](Cc1ccccc1)C(=O)O)C(C)C. The van der Waals surface area contributed by atoms with Gasteiger partial charge in [-0.3, -0.25) is 28.8 Å². The first-order valence-electron chi connectivity index (χ1n) is 19.0. The van der Waals surface area contributed by atoms with Crippen LogP contribution in [0.5, 0.6) is 0 Å². The molecule has 0 saturated carbocycles. The second-order valence-electron chi connectivity index (χ2n) is 14.8. The number of fused-ring (bicyclic) bond motifs is 1. The smallest absolute Gasteiger partial charge is 0.326 e. The quantitative estimate of drug-likeness (QED) is 0.0741. The minimum atomic E-state index is -2.85. The van der Waals surface area contributed by atoms with Gasteiger partial charge in [-0.2, -0.15) is 0 Å². The number of carbonyl (C=O) groups is 7. The Bertz CT molecular complexity index is 1910. The third-order valence-electron chi connectivity index (χ3n) is 9.44. The molecule has 0 saturated heterocycles. The van der Waals surface area contributed by atoms with E-state index in [-0.39, 0.29) is 18.8 Å². The monoisotopic (exact) mass is 812 g/mol. The number of para-hydroxylation sites is 1. The van der Waals surface area contributed by atoms with Gasteiger partial charge < -0.3 is 47.7 Å². The van der Waals surface area contributed by atoms with Gasteiger partial charge in [0.2, 0.25) is 35.7 Å². The Balaban J connectivity index is 1.61. The highest BCUT2D eigenvalue weighted by molar-refractivity contribution is 5.95. The van der Waals surface area contributed by atoms with Gasteiger partial charge in [-0.25, -0.2) is 13.6 Å². The van der Waals surface area contributed by atoms with E-state index < -0.39 is 102 Å². The van der Waals surface area contributed by atoms with Crippen LogP contribution < -0.4 is 37.6 Å². The Morgan fingerprint density at radius 3 is 1.83 bits per heavy atom. The summed E-state index contributed by atoms with van der Waals surface area (Å²) in [7, 11) is 0. The topological polar surface area (TPSA) is 254 Å². The van der Waals surface area contributed by atoms with Crippen molar-refractivity contribution >= 4 is 52.3 Å². The average molecular weight is 813 g/mol. The fraction of sp³-hybridized carbons (Fsp3) is 0.475.